The van der Waals surface area contributed by atoms with Gasteiger partial charge in [0.25, 0.3) is 0 Å². The van der Waals surface area contributed by atoms with Crippen molar-refractivity contribution < 1.29 is 4.74 Å². The quantitative estimate of drug-likeness (QED) is 0.941. The largest absolute Gasteiger partial charge is 0.496 e. The predicted molar refractivity (Wildman–Crippen MR) is 80.4 cm³/mol. The Morgan fingerprint density at radius 2 is 2.16 bits per heavy atom. The van der Waals surface area contributed by atoms with Gasteiger partial charge in [-0.15, -0.1) is 0 Å². The van der Waals surface area contributed by atoms with Crippen molar-refractivity contribution in [3.05, 3.63) is 34.1 Å². The van der Waals surface area contributed by atoms with Gasteiger partial charge in [0.15, 0.2) is 0 Å². The fourth-order valence-corrected chi connectivity index (χ4v) is 2.72. The van der Waals surface area contributed by atoms with Crippen LogP contribution in [0.25, 0.3) is 11.1 Å². The molecule has 0 atom stereocenters. The summed E-state index contributed by atoms with van der Waals surface area (Å²) in [5, 5.41) is 4.50. The molecule has 1 aromatic heterocycles. The van der Waals surface area contributed by atoms with Crippen LogP contribution in [0.3, 0.4) is 0 Å². The highest BCUT2D eigenvalue weighted by Crippen LogP contribution is 2.36. The lowest BCUT2D eigenvalue weighted by molar-refractivity contribution is 0.416. The number of methoxy groups -OCH3 is 1. The van der Waals surface area contributed by atoms with E-state index in [-0.39, 0.29) is 0 Å². The smallest absolute Gasteiger partial charge is 0.126 e. The summed E-state index contributed by atoms with van der Waals surface area (Å²) in [6.45, 7) is 2.61. The van der Waals surface area contributed by atoms with Crippen LogP contribution in [0.5, 0.6) is 5.75 Å². The Morgan fingerprint density at radius 1 is 1.42 bits per heavy atom. The first-order chi connectivity index (χ1) is 9.08. The highest BCUT2D eigenvalue weighted by atomic mass is 79.9. The minimum absolute atomic E-state index is 0.599. The molecular formula is C14H18BrN3O. The Kier molecular flexibility index (Phi) is 4.27. The summed E-state index contributed by atoms with van der Waals surface area (Å²) in [7, 11) is 3.63. The molecule has 0 unspecified atom stereocenters. The fraction of sp³-hybridized carbons (Fsp3) is 0.357. The molecule has 0 fully saturated rings. The molecule has 2 N–H and O–H groups in total. The molecule has 102 valence electrons. The van der Waals surface area contributed by atoms with Crippen LogP contribution in [0.2, 0.25) is 0 Å². The van der Waals surface area contributed by atoms with E-state index in [1.807, 2.05) is 30.8 Å². The Labute approximate surface area is 121 Å². The number of benzene rings is 1. The summed E-state index contributed by atoms with van der Waals surface area (Å²) >= 11 is 3.51. The van der Waals surface area contributed by atoms with Gasteiger partial charge in [-0.3, -0.25) is 4.68 Å². The lowest BCUT2D eigenvalue weighted by atomic mass is 10.0. The van der Waals surface area contributed by atoms with E-state index < -0.39 is 0 Å². The number of nitrogens with two attached hydrogens (primary N) is 1. The van der Waals surface area contributed by atoms with Crippen molar-refractivity contribution in [1.29, 1.82) is 0 Å². The van der Waals surface area contributed by atoms with E-state index in [1.165, 1.54) is 0 Å². The van der Waals surface area contributed by atoms with Gasteiger partial charge in [0.2, 0.25) is 0 Å². The molecule has 2 aromatic rings. The van der Waals surface area contributed by atoms with Crippen molar-refractivity contribution in [1.82, 2.24) is 9.78 Å². The number of hydrogen-bond donors (Lipinski definition) is 1. The second kappa shape index (κ2) is 5.75. The van der Waals surface area contributed by atoms with E-state index in [9.17, 15) is 0 Å². The highest BCUT2D eigenvalue weighted by molar-refractivity contribution is 9.10. The molecule has 19 heavy (non-hydrogen) atoms. The summed E-state index contributed by atoms with van der Waals surface area (Å²) in [5.74, 6) is 0.845. The lowest BCUT2D eigenvalue weighted by Crippen LogP contribution is -2.08. The summed E-state index contributed by atoms with van der Waals surface area (Å²) in [6, 6.07) is 5.98. The van der Waals surface area contributed by atoms with E-state index in [1.54, 1.807) is 7.11 Å². The molecule has 0 saturated heterocycles. The molecular weight excluding hydrogens is 306 g/mol. The second-order valence-corrected chi connectivity index (χ2v) is 5.33. The molecule has 1 aromatic carbocycles. The van der Waals surface area contributed by atoms with Crippen LogP contribution in [-0.4, -0.2) is 23.4 Å². The normalized spacial score (nSPS) is 10.8. The third kappa shape index (κ3) is 2.67. The van der Waals surface area contributed by atoms with Crippen LogP contribution >= 0.6 is 15.9 Å². The average molecular weight is 324 g/mol. The topological polar surface area (TPSA) is 53.1 Å². The van der Waals surface area contributed by atoms with E-state index in [2.05, 4.69) is 27.1 Å². The number of hydrogen-bond acceptors (Lipinski definition) is 3. The Hall–Kier alpha value is -1.33. The molecule has 0 amide bonds. The minimum atomic E-state index is 0.599. The maximum absolute atomic E-state index is 5.70. The van der Waals surface area contributed by atoms with Crippen molar-refractivity contribution in [2.24, 2.45) is 12.8 Å². The van der Waals surface area contributed by atoms with Crippen molar-refractivity contribution in [2.75, 3.05) is 13.7 Å². The summed E-state index contributed by atoms with van der Waals surface area (Å²) < 4.78 is 8.38. The number of ether oxygens (including phenoxy) is 1. The molecule has 0 bridgehead atoms. The molecule has 0 saturated carbocycles. The van der Waals surface area contributed by atoms with Gasteiger partial charge >= 0.3 is 0 Å². The maximum atomic E-state index is 5.70. The first kappa shape index (κ1) is 14.1. The fourth-order valence-electron chi connectivity index (χ4n) is 2.36. The van der Waals surface area contributed by atoms with Gasteiger partial charge in [0.1, 0.15) is 5.75 Å². The first-order valence-electron chi connectivity index (χ1n) is 6.15. The van der Waals surface area contributed by atoms with Crippen molar-refractivity contribution in [2.45, 2.75) is 13.3 Å². The molecule has 2 rings (SSSR count). The first-order valence-corrected chi connectivity index (χ1v) is 6.94. The van der Waals surface area contributed by atoms with Crippen LogP contribution in [-0.2, 0) is 13.5 Å². The molecule has 1 heterocycles. The number of aryl methyl sites for hydroxylation is 2. The zero-order valence-electron chi connectivity index (χ0n) is 11.4. The van der Waals surface area contributed by atoms with Crippen molar-refractivity contribution in [3.63, 3.8) is 0 Å². The van der Waals surface area contributed by atoms with Crippen LogP contribution in [0.1, 0.15) is 11.4 Å². The predicted octanol–water partition coefficient (Wildman–Crippen LogP) is 2.67. The monoisotopic (exact) mass is 323 g/mol. The molecule has 0 aliphatic heterocycles. The third-order valence-electron chi connectivity index (χ3n) is 3.15. The van der Waals surface area contributed by atoms with Gasteiger partial charge in [-0.2, -0.15) is 5.10 Å². The van der Waals surface area contributed by atoms with Crippen LogP contribution in [0.15, 0.2) is 22.7 Å². The van der Waals surface area contributed by atoms with Gasteiger partial charge in [-0.05, 0) is 31.7 Å². The van der Waals surface area contributed by atoms with Gasteiger partial charge in [0.05, 0.1) is 12.8 Å². The molecule has 4 nitrogen and oxygen atoms in total. The average Bonchev–Trinajstić information content (AvgIpc) is 2.65. The number of rotatable bonds is 4. The molecule has 0 radical (unpaired) electrons. The van der Waals surface area contributed by atoms with Crippen LogP contribution < -0.4 is 10.5 Å². The highest BCUT2D eigenvalue weighted by Gasteiger charge is 2.18. The van der Waals surface area contributed by atoms with Crippen LogP contribution in [0.4, 0.5) is 0 Å². The zero-order chi connectivity index (χ0) is 14.0. The van der Waals surface area contributed by atoms with E-state index in [0.717, 1.165) is 39.2 Å². The number of nitrogens with zero attached hydrogens (tertiary/aromatic N) is 2. The summed E-state index contributed by atoms with van der Waals surface area (Å²) in [6.07, 6.45) is 0.794. The minimum Gasteiger partial charge on any atom is -0.496 e. The Morgan fingerprint density at radius 3 is 2.79 bits per heavy atom. The zero-order valence-corrected chi connectivity index (χ0v) is 13.0. The third-order valence-corrected chi connectivity index (χ3v) is 3.65. The summed E-state index contributed by atoms with van der Waals surface area (Å²) in [5.41, 5.74) is 9.99. The van der Waals surface area contributed by atoms with Crippen LogP contribution in [0, 0.1) is 6.92 Å². The van der Waals surface area contributed by atoms with Crippen molar-refractivity contribution in [3.8, 4) is 16.9 Å². The Balaban J connectivity index is 2.67. The van der Waals surface area contributed by atoms with Gasteiger partial charge in [-0.25, -0.2) is 0 Å². The molecule has 0 aliphatic rings. The standard InChI is InChI=1S/C14H18BrN3O/c1-9-14(12(6-7-16)18(2)17-9)11-8-10(15)4-5-13(11)19-3/h4-5,8H,6-7,16H2,1-3H3. The molecule has 0 spiro atoms. The van der Waals surface area contributed by atoms with Gasteiger partial charge in [0, 0.05) is 34.8 Å². The number of aromatic nitrogens is 2. The van der Waals surface area contributed by atoms with Gasteiger partial charge in [-0.1, -0.05) is 15.9 Å². The van der Waals surface area contributed by atoms with E-state index in [0.29, 0.717) is 6.54 Å². The SMILES string of the molecule is COc1ccc(Br)cc1-c1c(C)nn(C)c1CCN. The van der Waals surface area contributed by atoms with E-state index in [4.69, 9.17) is 10.5 Å². The second-order valence-electron chi connectivity index (χ2n) is 4.41. The lowest BCUT2D eigenvalue weighted by Gasteiger charge is -2.11. The molecule has 0 aliphatic carbocycles. The van der Waals surface area contributed by atoms with E-state index >= 15 is 0 Å². The maximum Gasteiger partial charge on any atom is 0.126 e. The van der Waals surface area contributed by atoms with Gasteiger partial charge < -0.3 is 10.5 Å². The number of halogens is 1. The molecule has 5 heteroatoms. The summed E-state index contributed by atoms with van der Waals surface area (Å²) in [4.78, 5) is 0. The Bertz CT molecular complexity index is 593. The van der Waals surface area contributed by atoms with Crippen molar-refractivity contribution >= 4 is 15.9 Å².